The Morgan fingerprint density at radius 2 is 1.61 bits per heavy atom. The number of anilines is 1. The van der Waals surface area contributed by atoms with E-state index in [0.29, 0.717) is 5.56 Å². The maximum absolute atomic E-state index is 13.3. The van der Waals surface area contributed by atoms with Crippen LogP contribution in [0.4, 0.5) is 18.9 Å². The molecule has 1 aliphatic heterocycles. The Bertz CT molecular complexity index is 1170. The molecule has 6 nitrogen and oxygen atoms in total. The van der Waals surface area contributed by atoms with Gasteiger partial charge in [-0.2, -0.15) is 28.0 Å². The van der Waals surface area contributed by atoms with Crippen LogP contribution in [0.2, 0.25) is 0 Å². The number of alkyl halides is 3. The lowest BCUT2D eigenvalue weighted by Gasteiger charge is -2.44. The van der Waals surface area contributed by atoms with Crippen molar-refractivity contribution in [1.29, 1.82) is 10.5 Å². The zero-order valence-electron chi connectivity index (χ0n) is 16.8. The SMILES string of the molecule is C[C@@H]1CN(c2ccc(C#N)c(C(F)(F)F)c2)[C@@H](C)CN1S(=O)(=O)c1ccc(C#N)cc1. The minimum absolute atomic E-state index is 0.0525. The number of rotatable bonds is 3. The minimum atomic E-state index is -4.67. The Morgan fingerprint density at radius 3 is 2.16 bits per heavy atom. The van der Waals surface area contributed by atoms with Gasteiger partial charge in [0.05, 0.1) is 33.7 Å². The number of hydrogen-bond acceptors (Lipinski definition) is 5. The second kappa shape index (κ2) is 8.22. The molecule has 0 radical (unpaired) electrons. The summed E-state index contributed by atoms with van der Waals surface area (Å²) in [6, 6.07) is 11.7. The van der Waals surface area contributed by atoms with Crippen LogP contribution in [0.5, 0.6) is 0 Å². The summed E-state index contributed by atoms with van der Waals surface area (Å²) in [6.07, 6.45) is -4.67. The van der Waals surface area contributed by atoms with E-state index in [4.69, 9.17) is 10.5 Å². The van der Waals surface area contributed by atoms with Gasteiger partial charge in [0, 0.05) is 30.9 Å². The van der Waals surface area contributed by atoms with Crippen LogP contribution in [0, 0.1) is 22.7 Å². The predicted molar refractivity (Wildman–Crippen MR) is 107 cm³/mol. The van der Waals surface area contributed by atoms with Crippen LogP contribution >= 0.6 is 0 Å². The van der Waals surface area contributed by atoms with Gasteiger partial charge in [-0.25, -0.2) is 8.42 Å². The third kappa shape index (κ3) is 4.36. The molecule has 1 saturated heterocycles. The molecule has 2 aromatic carbocycles. The van der Waals surface area contributed by atoms with E-state index in [1.807, 2.05) is 6.07 Å². The molecule has 0 amide bonds. The fourth-order valence-corrected chi connectivity index (χ4v) is 5.37. The molecule has 31 heavy (non-hydrogen) atoms. The normalized spacial score (nSPS) is 20.2. The maximum atomic E-state index is 13.3. The molecular formula is C21H19F3N4O2S. The van der Waals surface area contributed by atoms with Crippen LogP contribution in [-0.4, -0.2) is 37.9 Å². The lowest BCUT2D eigenvalue weighted by Crippen LogP contribution is -2.58. The topological polar surface area (TPSA) is 88.2 Å². The van der Waals surface area contributed by atoms with E-state index in [9.17, 15) is 21.6 Å². The monoisotopic (exact) mass is 448 g/mol. The van der Waals surface area contributed by atoms with Crippen molar-refractivity contribution in [1.82, 2.24) is 4.31 Å². The van der Waals surface area contributed by atoms with Crippen LogP contribution in [0.3, 0.4) is 0 Å². The summed E-state index contributed by atoms with van der Waals surface area (Å²) in [4.78, 5) is 1.77. The third-order valence-corrected chi connectivity index (χ3v) is 7.27. The van der Waals surface area contributed by atoms with Gasteiger partial charge in [-0.3, -0.25) is 0 Å². The standard InChI is InChI=1S/C21H19F3N4O2S/c1-14-13-28(31(29,30)19-7-3-16(10-25)4-8-19)15(2)12-27(14)18-6-5-17(11-26)20(9-18)21(22,23)24/h3-9,14-15H,12-13H2,1-2H3/t14-,15+/m0/s1. The first-order valence-corrected chi connectivity index (χ1v) is 10.8. The molecule has 3 rings (SSSR count). The Balaban J connectivity index is 1.90. The van der Waals surface area contributed by atoms with Gasteiger partial charge in [0.25, 0.3) is 0 Å². The molecule has 2 atom stereocenters. The van der Waals surface area contributed by atoms with E-state index < -0.39 is 39.4 Å². The van der Waals surface area contributed by atoms with Gasteiger partial charge in [-0.15, -0.1) is 0 Å². The molecule has 0 spiro atoms. The molecule has 0 saturated carbocycles. The minimum Gasteiger partial charge on any atom is -0.366 e. The van der Waals surface area contributed by atoms with Crippen LogP contribution in [0.15, 0.2) is 47.4 Å². The molecule has 0 aliphatic carbocycles. The molecular weight excluding hydrogens is 429 g/mol. The van der Waals surface area contributed by atoms with E-state index in [-0.39, 0.29) is 23.7 Å². The van der Waals surface area contributed by atoms with Gasteiger partial charge in [-0.1, -0.05) is 0 Å². The summed E-state index contributed by atoms with van der Waals surface area (Å²) in [5.74, 6) is 0. The number of nitriles is 2. The van der Waals surface area contributed by atoms with E-state index in [1.165, 1.54) is 34.6 Å². The number of piperazine rings is 1. The summed E-state index contributed by atoms with van der Waals surface area (Å²) >= 11 is 0. The van der Waals surface area contributed by atoms with Crippen molar-refractivity contribution >= 4 is 15.7 Å². The summed E-state index contributed by atoms with van der Waals surface area (Å²) in [7, 11) is -3.84. The van der Waals surface area contributed by atoms with Gasteiger partial charge in [0.1, 0.15) is 0 Å². The number of hydrogen-bond donors (Lipinski definition) is 0. The maximum Gasteiger partial charge on any atom is 0.417 e. The highest BCUT2D eigenvalue weighted by molar-refractivity contribution is 7.89. The molecule has 1 aliphatic rings. The Morgan fingerprint density at radius 1 is 0.968 bits per heavy atom. The van der Waals surface area contributed by atoms with Gasteiger partial charge in [0.15, 0.2) is 0 Å². The zero-order chi connectivity index (χ0) is 23.0. The van der Waals surface area contributed by atoms with E-state index in [2.05, 4.69) is 0 Å². The fourth-order valence-electron chi connectivity index (χ4n) is 3.67. The molecule has 0 N–H and O–H groups in total. The molecule has 10 heteroatoms. The highest BCUT2D eigenvalue weighted by atomic mass is 32.2. The Kier molecular flexibility index (Phi) is 5.99. The molecule has 0 unspecified atom stereocenters. The highest BCUT2D eigenvalue weighted by Crippen LogP contribution is 2.36. The second-order valence-corrected chi connectivity index (χ2v) is 9.29. The van der Waals surface area contributed by atoms with Crippen molar-refractivity contribution in [2.24, 2.45) is 0 Å². The average molecular weight is 448 g/mol. The van der Waals surface area contributed by atoms with Crippen molar-refractivity contribution in [2.75, 3.05) is 18.0 Å². The summed E-state index contributed by atoms with van der Waals surface area (Å²) in [5, 5.41) is 17.9. The molecule has 1 heterocycles. The van der Waals surface area contributed by atoms with Crippen molar-refractivity contribution in [2.45, 2.75) is 37.0 Å². The Hall–Kier alpha value is -3.08. The van der Waals surface area contributed by atoms with Gasteiger partial charge in [0.2, 0.25) is 10.0 Å². The van der Waals surface area contributed by atoms with Gasteiger partial charge >= 0.3 is 6.18 Å². The van der Waals surface area contributed by atoms with Crippen LogP contribution in [0.1, 0.15) is 30.5 Å². The number of nitrogens with zero attached hydrogens (tertiary/aromatic N) is 4. The predicted octanol–water partition coefficient (Wildman–Crippen LogP) is 3.74. The Labute approximate surface area is 178 Å². The van der Waals surface area contributed by atoms with Crippen LogP contribution in [-0.2, 0) is 16.2 Å². The second-order valence-electron chi connectivity index (χ2n) is 7.40. The van der Waals surface area contributed by atoms with Gasteiger partial charge < -0.3 is 4.90 Å². The summed E-state index contributed by atoms with van der Waals surface area (Å²) in [6.45, 7) is 3.68. The van der Waals surface area contributed by atoms with Crippen LogP contribution < -0.4 is 4.90 Å². The largest absolute Gasteiger partial charge is 0.417 e. The summed E-state index contributed by atoms with van der Waals surface area (Å²) < 4.78 is 67.5. The molecule has 2 aromatic rings. The number of benzene rings is 2. The first-order valence-electron chi connectivity index (χ1n) is 9.39. The third-order valence-electron chi connectivity index (χ3n) is 5.28. The average Bonchev–Trinajstić information content (AvgIpc) is 2.74. The van der Waals surface area contributed by atoms with Crippen molar-refractivity contribution in [3.05, 3.63) is 59.2 Å². The molecule has 162 valence electrons. The quantitative estimate of drug-likeness (QED) is 0.714. The summed E-state index contributed by atoms with van der Waals surface area (Å²) in [5.41, 5.74) is -0.855. The van der Waals surface area contributed by atoms with Crippen LogP contribution in [0.25, 0.3) is 0 Å². The molecule has 0 aromatic heterocycles. The first-order chi connectivity index (χ1) is 14.5. The molecule has 0 bridgehead atoms. The van der Waals surface area contributed by atoms with E-state index >= 15 is 0 Å². The lowest BCUT2D eigenvalue weighted by atomic mass is 10.0. The number of sulfonamides is 1. The van der Waals surface area contributed by atoms with Crippen molar-refractivity contribution < 1.29 is 21.6 Å². The fraction of sp³-hybridized carbons (Fsp3) is 0.333. The highest BCUT2D eigenvalue weighted by Gasteiger charge is 2.39. The number of halogens is 3. The van der Waals surface area contributed by atoms with Crippen molar-refractivity contribution in [3.8, 4) is 12.1 Å². The smallest absolute Gasteiger partial charge is 0.366 e. The van der Waals surface area contributed by atoms with E-state index in [1.54, 1.807) is 24.8 Å². The van der Waals surface area contributed by atoms with Crippen molar-refractivity contribution in [3.63, 3.8) is 0 Å². The van der Waals surface area contributed by atoms with Gasteiger partial charge in [-0.05, 0) is 56.3 Å². The lowest BCUT2D eigenvalue weighted by molar-refractivity contribution is -0.137. The molecule has 1 fully saturated rings. The van der Waals surface area contributed by atoms with E-state index in [0.717, 1.165) is 12.1 Å². The zero-order valence-corrected chi connectivity index (χ0v) is 17.6. The first kappa shape index (κ1) is 22.6.